The number of nitrogens with zero attached hydrogens (tertiary/aromatic N) is 1. The van der Waals surface area contributed by atoms with Crippen LogP contribution in [0.25, 0.3) is 0 Å². The van der Waals surface area contributed by atoms with Crippen LogP contribution in [0.5, 0.6) is 0 Å². The average Bonchev–Trinajstić information content (AvgIpc) is 2.30. The molecule has 0 radical (unpaired) electrons. The van der Waals surface area contributed by atoms with Crippen LogP contribution in [0.3, 0.4) is 0 Å². The van der Waals surface area contributed by atoms with Crippen molar-refractivity contribution in [1.29, 1.82) is 0 Å². The Hall–Kier alpha value is -1.09. The van der Waals surface area contributed by atoms with Crippen molar-refractivity contribution in [3.63, 3.8) is 0 Å². The smallest absolute Gasteiger partial charge is 0.126 e. The van der Waals surface area contributed by atoms with Gasteiger partial charge in [-0.25, -0.2) is 4.98 Å². The Kier molecular flexibility index (Phi) is 3.67. The molecule has 1 aromatic heterocycles. The summed E-state index contributed by atoms with van der Waals surface area (Å²) in [5.41, 5.74) is 6.80. The molecule has 1 heterocycles. The molecule has 0 aromatic carbocycles. The monoisotopic (exact) mass is 233 g/mol. The van der Waals surface area contributed by atoms with Gasteiger partial charge in [-0.05, 0) is 38.3 Å². The summed E-state index contributed by atoms with van der Waals surface area (Å²) in [5.74, 6) is 0.977. The summed E-state index contributed by atoms with van der Waals surface area (Å²) in [6.07, 6.45) is 8.48. The molecule has 0 amide bonds. The lowest BCUT2D eigenvalue weighted by molar-refractivity contribution is 0.461. The summed E-state index contributed by atoms with van der Waals surface area (Å²) in [4.78, 5) is 4.45. The van der Waals surface area contributed by atoms with E-state index in [2.05, 4.69) is 16.4 Å². The molecular weight excluding hydrogens is 210 g/mol. The van der Waals surface area contributed by atoms with Gasteiger partial charge in [0.2, 0.25) is 0 Å². The first-order chi connectivity index (χ1) is 8.05. The van der Waals surface area contributed by atoms with E-state index in [0.29, 0.717) is 6.04 Å². The maximum atomic E-state index is 6.03. The Morgan fingerprint density at radius 2 is 1.94 bits per heavy atom. The molecule has 0 spiro atoms. The van der Waals surface area contributed by atoms with E-state index in [-0.39, 0.29) is 5.54 Å². The third-order valence-electron chi connectivity index (χ3n) is 3.46. The van der Waals surface area contributed by atoms with Crippen LogP contribution in [0, 0.1) is 0 Å². The molecule has 1 aliphatic carbocycles. The molecular formula is C14H23N3. The number of rotatable bonds is 3. The SMILES string of the molecule is CC(C)(N)c1ccc(NC2CCCCC2)nc1. The molecule has 3 nitrogen and oxygen atoms in total. The van der Waals surface area contributed by atoms with E-state index in [1.54, 1.807) is 0 Å². The second-order valence-electron chi connectivity index (χ2n) is 5.63. The van der Waals surface area contributed by atoms with Gasteiger partial charge in [-0.3, -0.25) is 0 Å². The van der Waals surface area contributed by atoms with Crippen molar-refractivity contribution in [3.8, 4) is 0 Å². The second-order valence-corrected chi connectivity index (χ2v) is 5.63. The number of pyridine rings is 1. The summed E-state index contributed by atoms with van der Waals surface area (Å²) < 4.78 is 0. The molecule has 1 fully saturated rings. The van der Waals surface area contributed by atoms with Crippen LogP contribution in [0.4, 0.5) is 5.82 Å². The topological polar surface area (TPSA) is 50.9 Å². The van der Waals surface area contributed by atoms with Crippen molar-refractivity contribution in [3.05, 3.63) is 23.9 Å². The molecule has 17 heavy (non-hydrogen) atoms. The maximum absolute atomic E-state index is 6.03. The molecule has 0 aliphatic heterocycles. The predicted octanol–water partition coefficient (Wildman–Crippen LogP) is 3.02. The molecule has 0 saturated heterocycles. The fourth-order valence-electron chi connectivity index (χ4n) is 2.32. The van der Waals surface area contributed by atoms with E-state index in [9.17, 15) is 0 Å². The van der Waals surface area contributed by atoms with Gasteiger partial charge < -0.3 is 11.1 Å². The number of anilines is 1. The zero-order valence-corrected chi connectivity index (χ0v) is 10.9. The van der Waals surface area contributed by atoms with E-state index in [1.165, 1.54) is 32.1 Å². The largest absolute Gasteiger partial charge is 0.367 e. The third-order valence-corrected chi connectivity index (χ3v) is 3.46. The van der Waals surface area contributed by atoms with Crippen molar-refractivity contribution in [2.45, 2.75) is 57.5 Å². The quantitative estimate of drug-likeness (QED) is 0.843. The first-order valence-electron chi connectivity index (χ1n) is 6.58. The highest BCUT2D eigenvalue weighted by atomic mass is 15.0. The Bertz CT molecular complexity index is 345. The van der Waals surface area contributed by atoms with Gasteiger partial charge in [0.1, 0.15) is 5.82 Å². The van der Waals surface area contributed by atoms with Crippen molar-refractivity contribution in [2.24, 2.45) is 5.73 Å². The number of hydrogen-bond donors (Lipinski definition) is 2. The summed E-state index contributed by atoms with van der Waals surface area (Å²) in [7, 11) is 0. The minimum Gasteiger partial charge on any atom is -0.367 e. The molecule has 0 atom stereocenters. The van der Waals surface area contributed by atoms with Crippen molar-refractivity contribution in [1.82, 2.24) is 4.98 Å². The van der Waals surface area contributed by atoms with Crippen molar-refractivity contribution < 1.29 is 0 Å². The van der Waals surface area contributed by atoms with Gasteiger partial charge >= 0.3 is 0 Å². The summed E-state index contributed by atoms with van der Waals surface area (Å²) in [5, 5.41) is 3.51. The predicted molar refractivity (Wildman–Crippen MR) is 71.9 cm³/mol. The normalized spacial score (nSPS) is 18.1. The first-order valence-corrected chi connectivity index (χ1v) is 6.58. The average molecular weight is 233 g/mol. The minimum atomic E-state index is -0.309. The van der Waals surface area contributed by atoms with Crippen molar-refractivity contribution >= 4 is 5.82 Å². The van der Waals surface area contributed by atoms with Crippen molar-refractivity contribution in [2.75, 3.05) is 5.32 Å². The second kappa shape index (κ2) is 5.05. The van der Waals surface area contributed by atoms with E-state index in [0.717, 1.165) is 11.4 Å². The molecule has 3 N–H and O–H groups in total. The van der Waals surface area contributed by atoms with Crippen LogP contribution in [-0.2, 0) is 5.54 Å². The first kappa shape index (κ1) is 12.4. The summed E-state index contributed by atoms with van der Waals surface area (Å²) in [6.45, 7) is 4.00. The van der Waals surface area contributed by atoms with E-state index in [4.69, 9.17) is 5.73 Å². The molecule has 0 bridgehead atoms. The van der Waals surface area contributed by atoms with Gasteiger partial charge in [-0.15, -0.1) is 0 Å². The van der Waals surface area contributed by atoms with Gasteiger partial charge in [0.25, 0.3) is 0 Å². The van der Waals surface area contributed by atoms with Crippen LogP contribution in [0.2, 0.25) is 0 Å². The zero-order valence-electron chi connectivity index (χ0n) is 10.9. The van der Waals surface area contributed by atoms with Crippen LogP contribution in [-0.4, -0.2) is 11.0 Å². The molecule has 2 rings (SSSR count). The molecule has 1 aliphatic rings. The van der Waals surface area contributed by atoms with Crippen LogP contribution >= 0.6 is 0 Å². The zero-order chi connectivity index (χ0) is 12.3. The van der Waals surface area contributed by atoms with Gasteiger partial charge in [-0.2, -0.15) is 0 Å². The van der Waals surface area contributed by atoms with Gasteiger partial charge in [0.05, 0.1) is 0 Å². The van der Waals surface area contributed by atoms with Gasteiger partial charge in [-0.1, -0.05) is 25.3 Å². The van der Waals surface area contributed by atoms with Gasteiger partial charge in [0, 0.05) is 17.8 Å². The van der Waals surface area contributed by atoms with E-state index >= 15 is 0 Å². The summed E-state index contributed by atoms with van der Waals surface area (Å²) in [6, 6.07) is 4.71. The highest BCUT2D eigenvalue weighted by molar-refractivity contribution is 5.38. The van der Waals surface area contributed by atoms with E-state index < -0.39 is 0 Å². The Morgan fingerprint density at radius 1 is 1.24 bits per heavy atom. The summed E-state index contributed by atoms with van der Waals surface area (Å²) >= 11 is 0. The van der Waals surface area contributed by atoms with Crippen LogP contribution < -0.4 is 11.1 Å². The standard InChI is InChI=1S/C14H23N3/c1-14(2,15)11-8-9-13(16-10-11)17-12-6-4-3-5-7-12/h8-10,12H,3-7,15H2,1-2H3,(H,16,17). The number of aromatic nitrogens is 1. The number of hydrogen-bond acceptors (Lipinski definition) is 3. The fourth-order valence-corrected chi connectivity index (χ4v) is 2.32. The molecule has 0 unspecified atom stereocenters. The maximum Gasteiger partial charge on any atom is 0.126 e. The highest BCUT2D eigenvalue weighted by Gasteiger charge is 2.16. The number of nitrogens with two attached hydrogens (primary N) is 1. The third kappa shape index (κ3) is 3.43. The van der Waals surface area contributed by atoms with Crippen LogP contribution in [0.15, 0.2) is 18.3 Å². The molecule has 94 valence electrons. The fraction of sp³-hybridized carbons (Fsp3) is 0.643. The number of nitrogens with one attached hydrogen (secondary N) is 1. The Labute approximate surface area is 104 Å². The lowest BCUT2D eigenvalue weighted by Gasteiger charge is -2.24. The Morgan fingerprint density at radius 3 is 2.47 bits per heavy atom. The molecule has 1 saturated carbocycles. The molecule has 3 heteroatoms. The lowest BCUT2D eigenvalue weighted by Crippen LogP contribution is -2.29. The van der Waals surface area contributed by atoms with Gasteiger partial charge in [0.15, 0.2) is 0 Å². The highest BCUT2D eigenvalue weighted by Crippen LogP contribution is 2.22. The Balaban J connectivity index is 1.98. The lowest BCUT2D eigenvalue weighted by atomic mass is 9.95. The minimum absolute atomic E-state index is 0.309. The van der Waals surface area contributed by atoms with Crippen LogP contribution in [0.1, 0.15) is 51.5 Å². The molecule has 1 aromatic rings. The van der Waals surface area contributed by atoms with E-state index in [1.807, 2.05) is 26.1 Å².